The van der Waals surface area contributed by atoms with Crippen molar-refractivity contribution in [2.45, 2.75) is 32.5 Å². The molecular formula is C26H26N4O2S. The molecule has 168 valence electrons. The van der Waals surface area contributed by atoms with Crippen LogP contribution < -0.4 is 10.1 Å². The topological polar surface area (TPSA) is 55.5 Å². The van der Waals surface area contributed by atoms with E-state index in [2.05, 4.69) is 51.8 Å². The normalized spacial score (nSPS) is 17.9. The van der Waals surface area contributed by atoms with Gasteiger partial charge in [0.15, 0.2) is 5.11 Å². The van der Waals surface area contributed by atoms with Crippen molar-refractivity contribution in [3.63, 3.8) is 0 Å². The lowest BCUT2D eigenvalue weighted by atomic mass is 9.96. The van der Waals surface area contributed by atoms with Crippen LogP contribution in [0.2, 0.25) is 0 Å². The summed E-state index contributed by atoms with van der Waals surface area (Å²) in [6.07, 6.45) is 3.52. The molecule has 0 radical (unpaired) electrons. The van der Waals surface area contributed by atoms with E-state index < -0.39 is 0 Å². The van der Waals surface area contributed by atoms with Crippen molar-refractivity contribution in [1.29, 1.82) is 0 Å². The molecule has 0 aliphatic carbocycles. The second kappa shape index (κ2) is 8.75. The maximum atomic E-state index is 5.80. The number of nitrogens with zero attached hydrogens (tertiary/aromatic N) is 3. The Bertz CT molecular complexity index is 1250. The highest BCUT2D eigenvalue weighted by molar-refractivity contribution is 7.80. The van der Waals surface area contributed by atoms with E-state index in [0.717, 1.165) is 28.6 Å². The lowest BCUT2D eigenvalue weighted by molar-refractivity contribution is 0.286. The quantitative estimate of drug-likeness (QED) is 0.398. The van der Waals surface area contributed by atoms with Crippen LogP contribution in [0.1, 0.15) is 40.5 Å². The van der Waals surface area contributed by atoms with Crippen LogP contribution >= 0.6 is 12.2 Å². The highest BCUT2D eigenvalue weighted by atomic mass is 32.1. The number of furan rings is 1. The lowest BCUT2D eigenvalue weighted by Crippen LogP contribution is -2.29. The fourth-order valence-electron chi connectivity index (χ4n) is 4.70. The van der Waals surface area contributed by atoms with Crippen molar-refractivity contribution in [3.8, 4) is 11.4 Å². The summed E-state index contributed by atoms with van der Waals surface area (Å²) >= 11 is 5.80. The first kappa shape index (κ1) is 21.3. The molecule has 1 saturated heterocycles. The Morgan fingerprint density at radius 3 is 2.58 bits per heavy atom. The average Bonchev–Trinajstić information content (AvgIpc) is 3.54. The van der Waals surface area contributed by atoms with Gasteiger partial charge in [0.25, 0.3) is 0 Å². The highest BCUT2D eigenvalue weighted by Gasteiger charge is 2.41. The molecule has 3 aromatic heterocycles. The first-order valence-corrected chi connectivity index (χ1v) is 11.3. The summed E-state index contributed by atoms with van der Waals surface area (Å²) in [6.45, 7) is 4.88. The van der Waals surface area contributed by atoms with Crippen molar-refractivity contribution < 1.29 is 9.15 Å². The summed E-state index contributed by atoms with van der Waals surface area (Å²) in [4.78, 5) is 6.85. The molecule has 0 unspecified atom stereocenters. The predicted octanol–water partition coefficient (Wildman–Crippen LogP) is 5.26. The first-order chi connectivity index (χ1) is 16.1. The van der Waals surface area contributed by atoms with Gasteiger partial charge in [0, 0.05) is 23.3 Å². The number of aryl methyl sites for hydroxylation is 1. The molecule has 1 N–H and O–H groups in total. The Kier molecular flexibility index (Phi) is 5.64. The molecule has 1 aromatic carbocycles. The third-order valence-corrected chi connectivity index (χ3v) is 6.58. The zero-order valence-corrected chi connectivity index (χ0v) is 19.7. The van der Waals surface area contributed by atoms with Crippen LogP contribution in [0.15, 0.2) is 77.5 Å². The fraction of sp³-hybridized carbons (Fsp3) is 0.231. The van der Waals surface area contributed by atoms with E-state index in [4.69, 9.17) is 21.4 Å². The first-order valence-electron chi connectivity index (χ1n) is 10.9. The second-order valence-corrected chi connectivity index (χ2v) is 8.58. The summed E-state index contributed by atoms with van der Waals surface area (Å²) in [6, 6.07) is 20.2. The number of pyridine rings is 1. The summed E-state index contributed by atoms with van der Waals surface area (Å²) in [5, 5.41) is 4.22. The number of aromatic nitrogens is 2. The van der Waals surface area contributed by atoms with Crippen LogP contribution in [0.4, 0.5) is 0 Å². The Labute approximate surface area is 198 Å². The highest BCUT2D eigenvalue weighted by Crippen LogP contribution is 2.42. The van der Waals surface area contributed by atoms with Gasteiger partial charge in [-0.25, -0.2) is 0 Å². The zero-order valence-electron chi connectivity index (χ0n) is 18.9. The zero-order chi connectivity index (χ0) is 22.9. The Hall–Kier alpha value is -3.58. The lowest BCUT2D eigenvalue weighted by Gasteiger charge is -2.27. The van der Waals surface area contributed by atoms with Crippen molar-refractivity contribution in [2.75, 3.05) is 7.11 Å². The number of hydrogen-bond acceptors (Lipinski definition) is 4. The van der Waals surface area contributed by atoms with Crippen molar-refractivity contribution >= 4 is 17.3 Å². The molecule has 2 atom stereocenters. The summed E-state index contributed by atoms with van der Waals surface area (Å²) in [5.41, 5.74) is 5.58. The van der Waals surface area contributed by atoms with Gasteiger partial charge in [0.05, 0.1) is 37.7 Å². The number of thiocarbonyl (C=S) groups is 1. The number of ether oxygens (including phenoxy) is 1. The van der Waals surface area contributed by atoms with Crippen LogP contribution in [0.5, 0.6) is 5.75 Å². The third kappa shape index (κ3) is 3.89. The molecule has 4 heterocycles. The molecule has 5 rings (SSSR count). The summed E-state index contributed by atoms with van der Waals surface area (Å²) in [5.74, 6) is 1.71. The van der Waals surface area contributed by atoms with E-state index in [0.29, 0.717) is 11.7 Å². The van der Waals surface area contributed by atoms with E-state index in [9.17, 15) is 0 Å². The van der Waals surface area contributed by atoms with E-state index in [1.807, 2.05) is 48.7 Å². The van der Waals surface area contributed by atoms with Crippen molar-refractivity contribution in [2.24, 2.45) is 0 Å². The van der Waals surface area contributed by atoms with Crippen LogP contribution in [0.25, 0.3) is 5.69 Å². The smallest absolute Gasteiger partial charge is 0.170 e. The van der Waals surface area contributed by atoms with Gasteiger partial charge in [-0.05, 0) is 86.2 Å². The molecular weight excluding hydrogens is 432 g/mol. The number of benzene rings is 1. The Balaban J connectivity index is 1.60. The molecule has 0 spiro atoms. The van der Waals surface area contributed by atoms with Crippen LogP contribution in [0.3, 0.4) is 0 Å². The third-order valence-electron chi connectivity index (χ3n) is 6.22. The molecule has 0 bridgehead atoms. The molecule has 7 heteroatoms. The van der Waals surface area contributed by atoms with Gasteiger partial charge < -0.3 is 23.9 Å². The fourth-order valence-corrected chi connectivity index (χ4v) is 5.01. The van der Waals surface area contributed by atoms with Gasteiger partial charge in [-0.3, -0.25) is 4.98 Å². The number of rotatable bonds is 6. The van der Waals surface area contributed by atoms with Crippen molar-refractivity contribution in [3.05, 3.63) is 102 Å². The maximum Gasteiger partial charge on any atom is 0.170 e. The minimum Gasteiger partial charge on any atom is -0.497 e. The van der Waals surface area contributed by atoms with E-state index in [1.54, 1.807) is 13.4 Å². The van der Waals surface area contributed by atoms with E-state index in [1.165, 1.54) is 11.3 Å². The maximum absolute atomic E-state index is 5.80. The molecule has 33 heavy (non-hydrogen) atoms. The molecule has 6 nitrogen and oxygen atoms in total. The number of hydrogen-bond donors (Lipinski definition) is 1. The van der Waals surface area contributed by atoms with Crippen molar-refractivity contribution in [1.82, 2.24) is 19.8 Å². The molecule has 4 aromatic rings. The van der Waals surface area contributed by atoms with Crippen LogP contribution in [-0.4, -0.2) is 26.7 Å². The molecule has 1 aliphatic rings. The Morgan fingerprint density at radius 1 is 1.09 bits per heavy atom. The van der Waals surface area contributed by atoms with Crippen LogP contribution in [-0.2, 0) is 6.54 Å². The number of methoxy groups -OCH3 is 1. The van der Waals surface area contributed by atoms with Gasteiger partial charge in [0.1, 0.15) is 11.5 Å². The molecule has 1 aliphatic heterocycles. The van der Waals surface area contributed by atoms with Crippen LogP contribution in [0, 0.1) is 13.8 Å². The molecule has 0 saturated carbocycles. The number of nitrogens with one attached hydrogen (secondary N) is 1. The standard InChI is InChI=1S/C26H26N4O2S/c1-17-15-22(18(2)30(17)19-9-11-20(31-3)12-10-19)25-24(23-8-4-5-13-27-23)28-26(33)29(25)16-21-7-6-14-32-21/h4-15,24-25H,16H2,1-3H3,(H,28,33)/t24-,25-/m0/s1. The van der Waals surface area contributed by atoms with E-state index in [-0.39, 0.29) is 12.1 Å². The van der Waals surface area contributed by atoms with E-state index >= 15 is 0 Å². The van der Waals surface area contributed by atoms with Gasteiger partial charge in [0.2, 0.25) is 0 Å². The summed E-state index contributed by atoms with van der Waals surface area (Å²) < 4.78 is 13.3. The monoisotopic (exact) mass is 458 g/mol. The van der Waals surface area contributed by atoms with Gasteiger partial charge in [-0.1, -0.05) is 6.07 Å². The minimum absolute atomic E-state index is 0.0318. The summed E-state index contributed by atoms with van der Waals surface area (Å²) in [7, 11) is 1.68. The Morgan fingerprint density at radius 2 is 1.91 bits per heavy atom. The molecule has 0 amide bonds. The SMILES string of the molecule is COc1ccc(-n2c(C)cc([C@H]3[C@H](c4ccccn4)NC(=S)N3Cc3ccco3)c2C)cc1. The minimum atomic E-state index is -0.0709. The average molecular weight is 459 g/mol. The largest absolute Gasteiger partial charge is 0.497 e. The predicted molar refractivity (Wildman–Crippen MR) is 131 cm³/mol. The van der Waals surface area contributed by atoms with Gasteiger partial charge >= 0.3 is 0 Å². The van der Waals surface area contributed by atoms with Gasteiger partial charge in [-0.2, -0.15) is 0 Å². The molecule has 1 fully saturated rings. The van der Waals surface area contributed by atoms with Gasteiger partial charge in [-0.15, -0.1) is 0 Å². The second-order valence-electron chi connectivity index (χ2n) is 8.19.